The Balaban J connectivity index is 1.72. The van der Waals surface area contributed by atoms with Gasteiger partial charge in [-0.1, -0.05) is 47.5 Å². The van der Waals surface area contributed by atoms with Crippen molar-refractivity contribution >= 4 is 52.4 Å². The van der Waals surface area contributed by atoms with Crippen LogP contribution in [0, 0.1) is 22.0 Å². The van der Waals surface area contributed by atoms with Crippen molar-refractivity contribution in [1.82, 2.24) is 10.0 Å². The lowest BCUT2D eigenvalue weighted by Crippen LogP contribution is -2.52. The number of fused-ring (bicyclic) bond motifs is 1. The Hall–Kier alpha value is -3.56. The maximum atomic E-state index is 13.5. The fraction of sp³-hybridized carbons (Fsp3) is 0.217. The van der Waals surface area contributed by atoms with Gasteiger partial charge >= 0.3 is 0 Å². The van der Waals surface area contributed by atoms with E-state index in [0.717, 1.165) is 11.1 Å². The molecule has 0 spiro atoms. The maximum Gasteiger partial charge on any atom is 0.274 e. The minimum absolute atomic E-state index is 0.0246. The Labute approximate surface area is 203 Å². The summed E-state index contributed by atoms with van der Waals surface area (Å²) in [6.45, 7) is -0.705. The van der Waals surface area contributed by atoms with Crippen LogP contribution in [0.2, 0.25) is 10.0 Å². The molecule has 1 aliphatic carbocycles. The smallest absolute Gasteiger partial charge is 0.274 e. The number of benzene rings is 2. The molecular formula is C23H17Cl2N3O6. The van der Waals surface area contributed by atoms with Crippen LogP contribution in [-0.4, -0.2) is 45.0 Å². The number of nitrogens with zero attached hydrogens (tertiary/aromatic N) is 3. The normalized spacial score (nSPS) is 19.2. The number of hydrogen-bond donors (Lipinski definition) is 0. The highest BCUT2D eigenvalue weighted by molar-refractivity contribution is 6.36. The third-order valence-corrected chi connectivity index (χ3v) is 6.34. The van der Waals surface area contributed by atoms with E-state index in [1.165, 1.54) is 36.4 Å². The molecule has 174 valence electrons. The molecule has 0 unspecified atom stereocenters. The minimum atomic E-state index is -0.853. The van der Waals surface area contributed by atoms with Crippen molar-refractivity contribution in [1.29, 1.82) is 0 Å². The van der Waals surface area contributed by atoms with Crippen LogP contribution in [0.3, 0.4) is 0 Å². The molecule has 0 radical (unpaired) electrons. The molecule has 34 heavy (non-hydrogen) atoms. The number of halogens is 2. The summed E-state index contributed by atoms with van der Waals surface area (Å²) >= 11 is 12.1. The Morgan fingerprint density at radius 1 is 1.03 bits per heavy atom. The van der Waals surface area contributed by atoms with Crippen molar-refractivity contribution in [2.75, 3.05) is 6.54 Å². The van der Waals surface area contributed by atoms with E-state index in [4.69, 9.17) is 23.2 Å². The number of carbonyl (C=O) groups is 4. The predicted octanol–water partition coefficient (Wildman–Crippen LogP) is 4.09. The molecule has 0 bridgehead atoms. The monoisotopic (exact) mass is 501 g/mol. The second-order valence-electron chi connectivity index (χ2n) is 7.86. The molecule has 1 saturated heterocycles. The van der Waals surface area contributed by atoms with Crippen LogP contribution in [0.1, 0.15) is 33.6 Å². The number of rotatable bonds is 6. The third kappa shape index (κ3) is 4.32. The van der Waals surface area contributed by atoms with Gasteiger partial charge in [-0.25, -0.2) is 5.01 Å². The average Bonchev–Trinajstić information content (AvgIpc) is 3.07. The van der Waals surface area contributed by atoms with Crippen LogP contribution in [-0.2, 0) is 9.59 Å². The Bertz CT molecular complexity index is 1240. The number of Topliss-reactive ketones (excluding diaryl/α,β-unsaturated/α-hetero) is 1. The molecule has 1 aliphatic heterocycles. The number of carbonyl (C=O) groups excluding carboxylic acids is 4. The zero-order valence-corrected chi connectivity index (χ0v) is 19.0. The van der Waals surface area contributed by atoms with E-state index in [-0.39, 0.29) is 26.9 Å². The van der Waals surface area contributed by atoms with Gasteiger partial charge in [0.05, 0.1) is 27.3 Å². The molecule has 2 aromatic carbocycles. The van der Waals surface area contributed by atoms with Crippen LogP contribution < -0.4 is 0 Å². The summed E-state index contributed by atoms with van der Waals surface area (Å²) in [7, 11) is 0. The number of ketones is 1. The standard InChI is InChI=1S/C23H17Cl2N3O6/c24-14-8-9-18(19(25)11-14)21(30)26(12-20(29)13-4-3-5-15(10-13)28(33)34)27-22(31)16-6-1-2-7-17(16)23(27)32/h1-5,8-11,16-17H,6-7,12H2/t16-,17+. The zero-order chi connectivity index (χ0) is 24.6. The van der Waals surface area contributed by atoms with Gasteiger partial charge in [0.1, 0.15) is 6.54 Å². The van der Waals surface area contributed by atoms with Gasteiger partial charge in [-0.05, 0) is 31.0 Å². The van der Waals surface area contributed by atoms with Gasteiger partial charge < -0.3 is 0 Å². The van der Waals surface area contributed by atoms with Crippen molar-refractivity contribution in [3.8, 4) is 0 Å². The topological polar surface area (TPSA) is 118 Å². The number of amides is 3. The van der Waals surface area contributed by atoms with E-state index < -0.39 is 46.8 Å². The minimum Gasteiger partial charge on any atom is -0.292 e. The first-order valence-electron chi connectivity index (χ1n) is 10.3. The lowest BCUT2D eigenvalue weighted by Gasteiger charge is -2.30. The zero-order valence-electron chi connectivity index (χ0n) is 17.5. The fourth-order valence-electron chi connectivity index (χ4n) is 4.08. The highest BCUT2D eigenvalue weighted by atomic mass is 35.5. The first-order chi connectivity index (χ1) is 16.2. The van der Waals surface area contributed by atoms with Gasteiger partial charge in [0.15, 0.2) is 5.78 Å². The van der Waals surface area contributed by atoms with Crippen LogP contribution in [0.5, 0.6) is 0 Å². The summed E-state index contributed by atoms with van der Waals surface area (Å²) in [5, 5.41) is 12.8. The Morgan fingerprint density at radius 2 is 1.68 bits per heavy atom. The van der Waals surface area contributed by atoms with Crippen molar-refractivity contribution in [2.24, 2.45) is 11.8 Å². The number of allylic oxidation sites excluding steroid dienone is 2. The van der Waals surface area contributed by atoms with Gasteiger partial charge in [0, 0.05) is 22.7 Å². The number of imide groups is 1. The van der Waals surface area contributed by atoms with E-state index >= 15 is 0 Å². The molecule has 0 aromatic heterocycles. The van der Waals surface area contributed by atoms with E-state index in [9.17, 15) is 29.3 Å². The van der Waals surface area contributed by atoms with Crippen LogP contribution in [0.25, 0.3) is 0 Å². The predicted molar refractivity (Wildman–Crippen MR) is 122 cm³/mol. The molecule has 1 heterocycles. The van der Waals surface area contributed by atoms with E-state index in [1.54, 1.807) is 12.2 Å². The molecule has 11 heteroatoms. The molecule has 4 rings (SSSR count). The van der Waals surface area contributed by atoms with Crippen molar-refractivity contribution in [3.63, 3.8) is 0 Å². The quantitative estimate of drug-likeness (QED) is 0.193. The molecule has 2 aromatic rings. The number of hydrazine groups is 1. The van der Waals surface area contributed by atoms with Crippen LogP contribution >= 0.6 is 23.2 Å². The summed E-state index contributed by atoms with van der Waals surface area (Å²) in [6, 6.07) is 9.05. The lowest BCUT2D eigenvalue weighted by atomic mass is 9.85. The SMILES string of the molecule is O=C(CN(C(=O)c1ccc(Cl)cc1Cl)N1C(=O)[C@H]2CC=CC[C@H]2C1=O)c1cccc([N+](=O)[O-])c1. The third-order valence-electron chi connectivity index (χ3n) is 5.79. The maximum absolute atomic E-state index is 13.5. The van der Waals surface area contributed by atoms with E-state index in [0.29, 0.717) is 17.9 Å². The average molecular weight is 502 g/mol. The summed E-state index contributed by atoms with van der Waals surface area (Å²) in [5.41, 5.74) is -0.422. The largest absolute Gasteiger partial charge is 0.292 e. The van der Waals surface area contributed by atoms with Gasteiger partial charge in [0.25, 0.3) is 23.4 Å². The molecule has 2 aliphatic rings. The molecular weight excluding hydrogens is 485 g/mol. The number of nitro benzene ring substituents is 1. The van der Waals surface area contributed by atoms with Gasteiger partial charge in [-0.3, -0.25) is 29.3 Å². The molecule has 0 N–H and O–H groups in total. The lowest BCUT2D eigenvalue weighted by molar-refractivity contribution is -0.384. The molecule has 2 atom stereocenters. The van der Waals surface area contributed by atoms with E-state index in [1.807, 2.05) is 0 Å². The van der Waals surface area contributed by atoms with Crippen molar-refractivity contribution < 1.29 is 24.1 Å². The highest BCUT2D eigenvalue weighted by Gasteiger charge is 2.51. The first kappa shape index (κ1) is 23.6. The summed E-state index contributed by atoms with van der Waals surface area (Å²) in [5.74, 6) is -4.01. The van der Waals surface area contributed by atoms with Gasteiger partial charge in [-0.15, -0.1) is 0 Å². The Kier molecular flexibility index (Phi) is 6.49. The van der Waals surface area contributed by atoms with Gasteiger partial charge in [-0.2, -0.15) is 5.01 Å². The number of nitro groups is 1. The first-order valence-corrected chi connectivity index (χ1v) is 11.0. The second kappa shape index (κ2) is 9.36. The molecule has 0 saturated carbocycles. The molecule has 9 nitrogen and oxygen atoms in total. The number of hydrogen-bond acceptors (Lipinski definition) is 6. The van der Waals surface area contributed by atoms with Crippen molar-refractivity contribution in [2.45, 2.75) is 12.8 Å². The number of non-ortho nitro benzene ring substituents is 1. The summed E-state index contributed by atoms with van der Waals surface area (Å²) < 4.78 is 0. The van der Waals surface area contributed by atoms with Crippen LogP contribution in [0.4, 0.5) is 5.69 Å². The fourth-order valence-corrected chi connectivity index (χ4v) is 4.57. The second-order valence-corrected chi connectivity index (χ2v) is 8.71. The summed E-state index contributed by atoms with van der Waals surface area (Å²) in [6.07, 6.45) is 4.28. The molecule has 3 amide bonds. The van der Waals surface area contributed by atoms with Gasteiger partial charge in [0.2, 0.25) is 0 Å². The van der Waals surface area contributed by atoms with Crippen molar-refractivity contribution in [3.05, 3.63) is 85.9 Å². The van der Waals surface area contributed by atoms with E-state index in [2.05, 4.69) is 0 Å². The Morgan fingerprint density at radius 3 is 2.26 bits per heavy atom. The van der Waals surface area contributed by atoms with Crippen LogP contribution in [0.15, 0.2) is 54.6 Å². The highest BCUT2D eigenvalue weighted by Crippen LogP contribution is 2.36. The molecule has 1 fully saturated rings. The summed E-state index contributed by atoms with van der Waals surface area (Å²) in [4.78, 5) is 63.3.